The number of thiazole rings is 1. The maximum atomic E-state index is 11.4. The van der Waals surface area contributed by atoms with Crippen molar-refractivity contribution in [2.75, 3.05) is 5.73 Å². The van der Waals surface area contributed by atoms with E-state index in [1.807, 2.05) is 0 Å². The lowest BCUT2D eigenvalue weighted by Crippen LogP contribution is -2.19. The quantitative estimate of drug-likeness (QED) is 0.625. The summed E-state index contributed by atoms with van der Waals surface area (Å²) in [6.07, 6.45) is 3.11. The molecule has 1 amide bonds. The van der Waals surface area contributed by atoms with Crippen LogP contribution < -0.4 is 11.2 Å². The largest absolute Gasteiger partial charge is 0.463 e. The number of furan rings is 1. The van der Waals surface area contributed by atoms with E-state index in [1.165, 1.54) is 23.8 Å². The molecular formula is C10H10N4O2S. The Balaban J connectivity index is 1.82. The van der Waals surface area contributed by atoms with E-state index in [-0.39, 0.29) is 12.3 Å². The van der Waals surface area contributed by atoms with Crippen LogP contribution in [0.3, 0.4) is 0 Å². The van der Waals surface area contributed by atoms with Gasteiger partial charge < -0.3 is 10.2 Å². The van der Waals surface area contributed by atoms with Gasteiger partial charge in [-0.05, 0) is 12.1 Å². The van der Waals surface area contributed by atoms with Crippen molar-refractivity contribution < 1.29 is 9.21 Å². The van der Waals surface area contributed by atoms with Crippen molar-refractivity contribution in [1.29, 1.82) is 0 Å². The van der Waals surface area contributed by atoms with Gasteiger partial charge in [-0.1, -0.05) is 0 Å². The molecule has 2 heterocycles. The molecule has 0 aliphatic carbocycles. The maximum absolute atomic E-state index is 11.4. The first kappa shape index (κ1) is 11.3. The standard InChI is InChI=1S/C10H10N4O2S/c11-10-13-7(6-17-10)4-9(15)14-12-5-8-2-1-3-16-8/h1-3,5-6H,4H2,(H2,11,13)(H,14,15)/b12-5+. The van der Waals surface area contributed by atoms with Crippen molar-refractivity contribution in [2.45, 2.75) is 6.42 Å². The SMILES string of the molecule is Nc1nc(CC(=O)N/N=C/c2ccco2)cs1. The first-order valence-electron chi connectivity index (χ1n) is 4.79. The van der Waals surface area contributed by atoms with E-state index in [9.17, 15) is 4.79 Å². The molecule has 0 saturated heterocycles. The van der Waals surface area contributed by atoms with Gasteiger partial charge in [0.05, 0.1) is 24.6 Å². The zero-order valence-electron chi connectivity index (χ0n) is 8.79. The molecule has 0 unspecified atom stereocenters. The third kappa shape index (κ3) is 3.42. The van der Waals surface area contributed by atoms with E-state index in [4.69, 9.17) is 10.2 Å². The summed E-state index contributed by atoms with van der Waals surface area (Å²) < 4.78 is 5.01. The van der Waals surface area contributed by atoms with Crippen LogP contribution in [0.15, 0.2) is 33.3 Å². The number of nitrogen functional groups attached to an aromatic ring is 1. The number of anilines is 1. The molecule has 0 aliphatic rings. The fraction of sp³-hybridized carbons (Fsp3) is 0.100. The summed E-state index contributed by atoms with van der Waals surface area (Å²) in [4.78, 5) is 15.4. The molecule has 3 N–H and O–H groups in total. The number of aromatic nitrogens is 1. The summed E-state index contributed by atoms with van der Waals surface area (Å²) >= 11 is 1.30. The molecule has 0 aliphatic heterocycles. The predicted octanol–water partition coefficient (Wildman–Crippen LogP) is 1.01. The summed E-state index contributed by atoms with van der Waals surface area (Å²) in [5.41, 5.74) is 8.46. The van der Waals surface area contributed by atoms with Crippen LogP contribution in [0, 0.1) is 0 Å². The van der Waals surface area contributed by atoms with Gasteiger partial charge in [-0.15, -0.1) is 11.3 Å². The molecule has 0 aromatic carbocycles. The van der Waals surface area contributed by atoms with Crippen molar-refractivity contribution in [3.05, 3.63) is 35.2 Å². The van der Waals surface area contributed by atoms with Crippen LogP contribution >= 0.6 is 11.3 Å². The number of nitrogens with one attached hydrogen (secondary N) is 1. The second kappa shape index (κ2) is 5.26. The Labute approximate surface area is 101 Å². The second-order valence-electron chi connectivity index (χ2n) is 3.16. The van der Waals surface area contributed by atoms with Gasteiger partial charge in [-0.3, -0.25) is 4.79 Å². The highest BCUT2D eigenvalue weighted by Crippen LogP contribution is 2.11. The highest BCUT2D eigenvalue weighted by Gasteiger charge is 2.05. The molecule has 0 spiro atoms. The third-order valence-electron chi connectivity index (χ3n) is 1.84. The summed E-state index contributed by atoms with van der Waals surface area (Å²) in [5.74, 6) is 0.321. The number of hydrazone groups is 1. The van der Waals surface area contributed by atoms with E-state index >= 15 is 0 Å². The minimum absolute atomic E-state index is 0.156. The van der Waals surface area contributed by atoms with Crippen molar-refractivity contribution in [2.24, 2.45) is 5.10 Å². The van der Waals surface area contributed by atoms with Crippen LogP contribution in [0.5, 0.6) is 0 Å². The lowest BCUT2D eigenvalue weighted by molar-refractivity contribution is -0.120. The van der Waals surface area contributed by atoms with E-state index in [0.717, 1.165) is 0 Å². The van der Waals surface area contributed by atoms with Crippen molar-refractivity contribution in [3.63, 3.8) is 0 Å². The van der Waals surface area contributed by atoms with Gasteiger partial charge in [0.2, 0.25) is 5.91 Å². The highest BCUT2D eigenvalue weighted by atomic mass is 32.1. The molecule has 88 valence electrons. The van der Waals surface area contributed by atoms with Crippen LogP contribution in [0.2, 0.25) is 0 Å². The fourth-order valence-corrected chi connectivity index (χ4v) is 1.70. The van der Waals surface area contributed by atoms with Crippen LogP contribution in [0.4, 0.5) is 5.13 Å². The average molecular weight is 250 g/mol. The monoisotopic (exact) mass is 250 g/mol. The molecule has 0 radical (unpaired) electrons. The molecule has 2 aromatic heterocycles. The van der Waals surface area contributed by atoms with Crippen LogP contribution in [-0.2, 0) is 11.2 Å². The minimum Gasteiger partial charge on any atom is -0.463 e. The van der Waals surface area contributed by atoms with E-state index in [2.05, 4.69) is 15.5 Å². The first-order valence-corrected chi connectivity index (χ1v) is 5.67. The molecule has 0 saturated carbocycles. The van der Waals surface area contributed by atoms with E-state index in [1.54, 1.807) is 17.5 Å². The van der Waals surface area contributed by atoms with Crippen LogP contribution in [0.25, 0.3) is 0 Å². The number of carbonyl (C=O) groups excluding carboxylic acids is 1. The number of nitrogens with two attached hydrogens (primary N) is 1. The molecule has 0 bridgehead atoms. The highest BCUT2D eigenvalue weighted by molar-refractivity contribution is 7.13. The lowest BCUT2D eigenvalue weighted by Gasteiger charge is -1.95. The maximum Gasteiger partial charge on any atom is 0.246 e. The van der Waals surface area contributed by atoms with Gasteiger partial charge in [0.25, 0.3) is 0 Å². The minimum atomic E-state index is -0.252. The fourth-order valence-electron chi connectivity index (χ4n) is 1.14. The molecule has 17 heavy (non-hydrogen) atoms. The number of rotatable bonds is 4. The topological polar surface area (TPSA) is 93.5 Å². The Kier molecular flexibility index (Phi) is 3.51. The molecular weight excluding hydrogens is 240 g/mol. The predicted molar refractivity (Wildman–Crippen MR) is 64.7 cm³/mol. The van der Waals surface area contributed by atoms with Crippen molar-refractivity contribution >= 4 is 28.6 Å². The molecule has 2 rings (SSSR count). The van der Waals surface area contributed by atoms with Gasteiger partial charge in [-0.25, -0.2) is 10.4 Å². The van der Waals surface area contributed by atoms with Gasteiger partial charge in [0, 0.05) is 5.38 Å². The summed E-state index contributed by atoms with van der Waals surface area (Å²) in [6, 6.07) is 3.47. The molecule has 0 atom stereocenters. The lowest BCUT2D eigenvalue weighted by atomic mass is 10.3. The second-order valence-corrected chi connectivity index (χ2v) is 4.05. The smallest absolute Gasteiger partial charge is 0.246 e. The molecule has 0 fully saturated rings. The average Bonchev–Trinajstić information content (AvgIpc) is 2.90. The van der Waals surface area contributed by atoms with Crippen molar-refractivity contribution in [1.82, 2.24) is 10.4 Å². The molecule has 7 heteroatoms. The number of carbonyl (C=O) groups is 1. The first-order chi connectivity index (χ1) is 8.24. The van der Waals surface area contributed by atoms with Gasteiger partial charge in [0.15, 0.2) is 5.13 Å². The Hall–Kier alpha value is -2.15. The number of hydrogen-bond donors (Lipinski definition) is 2. The normalized spacial score (nSPS) is 10.8. The van der Waals surface area contributed by atoms with Gasteiger partial charge in [-0.2, -0.15) is 5.10 Å². The van der Waals surface area contributed by atoms with Crippen LogP contribution in [0.1, 0.15) is 11.5 Å². The summed E-state index contributed by atoms with van der Waals surface area (Å²) in [6.45, 7) is 0. The Morgan fingerprint density at radius 3 is 3.24 bits per heavy atom. The van der Waals surface area contributed by atoms with E-state index in [0.29, 0.717) is 16.6 Å². The zero-order chi connectivity index (χ0) is 12.1. The van der Waals surface area contributed by atoms with Gasteiger partial charge >= 0.3 is 0 Å². The Morgan fingerprint density at radius 2 is 2.59 bits per heavy atom. The summed E-state index contributed by atoms with van der Waals surface area (Å²) in [5, 5.41) is 5.93. The zero-order valence-corrected chi connectivity index (χ0v) is 9.61. The third-order valence-corrected chi connectivity index (χ3v) is 2.56. The Morgan fingerprint density at radius 1 is 1.71 bits per heavy atom. The number of hydrogen-bond acceptors (Lipinski definition) is 6. The van der Waals surface area contributed by atoms with Gasteiger partial charge in [0.1, 0.15) is 5.76 Å². The van der Waals surface area contributed by atoms with E-state index < -0.39 is 0 Å². The number of amides is 1. The summed E-state index contributed by atoms with van der Waals surface area (Å²) in [7, 11) is 0. The Bertz CT molecular complexity index is 518. The number of nitrogens with zero attached hydrogens (tertiary/aromatic N) is 2. The van der Waals surface area contributed by atoms with Crippen molar-refractivity contribution in [3.8, 4) is 0 Å². The van der Waals surface area contributed by atoms with Crippen LogP contribution in [-0.4, -0.2) is 17.1 Å². The molecule has 2 aromatic rings. The molecule has 6 nitrogen and oxygen atoms in total.